The summed E-state index contributed by atoms with van der Waals surface area (Å²) in [7, 11) is 1.78. The average Bonchev–Trinajstić information content (AvgIpc) is 2.16. The third kappa shape index (κ3) is 2.45. The summed E-state index contributed by atoms with van der Waals surface area (Å²) >= 11 is 0. The van der Waals surface area contributed by atoms with E-state index >= 15 is 0 Å². The Labute approximate surface area is 85.3 Å². The van der Waals surface area contributed by atoms with Gasteiger partial charge in [0, 0.05) is 13.1 Å². The van der Waals surface area contributed by atoms with E-state index in [1.54, 1.807) is 11.9 Å². The minimum absolute atomic E-state index is 0.0683. The number of hydrogen-bond acceptors (Lipinski definition) is 3. The van der Waals surface area contributed by atoms with Crippen molar-refractivity contribution < 1.29 is 9.90 Å². The maximum Gasteiger partial charge on any atom is 0.242 e. The molecule has 0 aromatic rings. The Balaban J connectivity index is 2.60. The second kappa shape index (κ2) is 4.28. The van der Waals surface area contributed by atoms with E-state index in [0.29, 0.717) is 6.54 Å². The van der Waals surface area contributed by atoms with Crippen LogP contribution >= 0.6 is 0 Å². The van der Waals surface area contributed by atoms with Crippen molar-refractivity contribution in [2.45, 2.75) is 38.3 Å². The summed E-state index contributed by atoms with van der Waals surface area (Å²) < 4.78 is 0. The van der Waals surface area contributed by atoms with Gasteiger partial charge < -0.3 is 15.3 Å². The van der Waals surface area contributed by atoms with Gasteiger partial charge in [0.05, 0.1) is 11.6 Å². The highest BCUT2D eigenvalue weighted by Crippen LogP contribution is 2.14. The number of nitrogens with zero attached hydrogens (tertiary/aromatic N) is 1. The fourth-order valence-electron chi connectivity index (χ4n) is 1.64. The van der Waals surface area contributed by atoms with E-state index in [9.17, 15) is 9.90 Å². The van der Waals surface area contributed by atoms with Gasteiger partial charge in [-0.1, -0.05) is 0 Å². The second-order valence-corrected chi connectivity index (χ2v) is 4.42. The van der Waals surface area contributed by atoms with Crippen molar-refractivity contribution in [3.63, 3.8) is 0 Å². The van der Waals surface area contributed by atoms with Gasteiger partial charge in [-0.15, -0.1) is 0 Å². The molecule has 1 saturated heterocycles. The van der Waals surface area contributed by atoms with Gasteiger partial charge in [-0.2, -0.15) is 0 Å². The van der Waals surface area contributed by atoms with Crippen molar-refractivity contribution in [3.05, 3.63) is 0 Å². The first-order valence-corrected chi connectivity index (χ1v) is 5.13. The largest absolute Gasteiger partial charge is 0.391 e. The molecule has 2 N–H and O–H groups in total. The van der Waals surface area contributed by atoms with E-state index in [4.69, 9.17) is 0 Å². The zero-order valence-corrected chi connectivity index (χ0v) is 9.21. The highest BCUT2D eigenvalue weighted by atomic mass is 16.3. The maximum atomic E-state index is 11.9. The number of likely N-dealkylation sites (tertiary alicyclic amines) is 1. The predicted octanol–water partition coefficient (Wildman–Crippen LogP) is -0.0323. The van der Waals surface area contributed by atoms with Crippen molar-refractivity contribution in [1.29, 1.82) is 0 Å². The molecular formula is C10H20N2O2. The van der Waals surface area contributed by atoms with Crippen molar-refractivity contribution in [2.75, 3.05) is 20.1 Å². The number of amides is 1. The lowest BCUT2D eigenvalue weighted by Gasteiger charge is -2.35. The number of likely N-dealkylation sites (N-methyl/N-ethyl adjacent to an activating group) is 1. The molecule has 82 valence electrons. The van der Waals surface area contributed by atoms with Gasteiger partial charge in [-0.25, -0.2) is 0 Å². The fourth-order valence-corrected chi connectivity index (χ4v) is 1.64. The van der Waals surface area contributed by atoms with Crippen LogP contribution in [-0.4, -0.2) is 47.7 Å². The molecule has 1 unspecified atom stereocenters. The normalized spacial score (nSPS) is 23.7. The summed E-state index contributed by atoms with van der Waals surface area (Å²) in [5, 5.41) is 12.4. The number of carbonyl (C=O) groups is 1. The smallest absolute Gasteiger partial charge is 0.242 e. The topological polar surface area (TPSA) is 52.6 Å². The SMILES string of the molecule is CNC(C)(C)C(=O)N1CCCC(O)C1. The van der Waals surface area contributed by atoms with Crippen LogP contribution in [0.2, 0.25) is 0 Å². The van der Waals surface area contributed by atoms with Gasteiger partial charge in [-0.05, 0) is 33.7 Å². The van der Waals surface area contributed by atoms with Crippen LogP contribution in [0, 0.1) is 0 Å². The molecule has 1 aliphatic heterocycles. The van der Waals surface area contributed by atoms with Gasteiger partial charge in [0.15, 0.2) is 0 Å². The third-order valence-corrected chi connectivity index (χ3v) is 2.84. The summed E-state index contributed by atoms with van der Waals surface area (Å²) in [6, 6.07) is 0. The van der Waals surface area contributed by atoms with Crippen molar-refractivity contribution in [2.24, 2.45) is 0 Å². The number of β-amino-alcohol motifs (C(OH)–C–C–N with tert-alkyl or cyclic N) is 1. The van der Waals surface area contributed by atoms with Gasteiger partial charge in [0.2, 0.25) is 5.91 Å². The standard InChI is InChI=1S/C10H20N2O2/c1-10(2,11-3)9(14)12-6-4-5-8(13)7-12/h8,11,13H,4-7H2,1-3H3. The van der Waals surface area contributed by atoms with Crippen LogP contribution in [-0.2, 0) is 4.79 Å². The van der Waals surface area contributed by atoms with Gasteiger partial charge in [-0.3, -0.25) is 4.79 Å². The quantitative estimate of drug-likeness (QED) is 0.658. The van der Waals surface area contributed by atoms with Crippen LogP contribution in [0.25, 0.3) is 0 Å². The molecule has 14 heavy (non-hydrogen) atoms. The molecule has 4 heteroatoms. The molecule has 0 bridgehead atoms. The Hall–Kier alpha value is -0.610. The van der Waals surface area contributed by atoms with Crippen LogP contribution in [0.5, 0.6) is 0 Å². The molecule has 1 atom stereocenters. The number of rotatable bonds is 2. The monoisotopic (exact) mass is 200 g/mol. The molecule has 0 spiro atoms. The Morgan fingerprint density at radius 3 is 2.71 bits per heavy atom. The van der Waals surface area contributed by atoms with E-state index in [0.717, 1.165) is 19.4 Å². The number of aliphatic hydroxyl groups is 1. The first-order chi connectivity index (χ1) is 6.47. The van der Waals surface area contributed by atoms with Crippen molar-refractivity contribution in [1.82, 2.24) is 10.2 Å². The molecule has 1 heterocycles. The molecule has 0 aromatic carbocycles. The lowest BCUT2D eigenvalue weighted by molar-refractivity contribution is -0.140. The highest BCUT2D eigenvalue weighted by Gasteiger charge is 2.32. The summed E-state index contributed by atoms with van der Waals surface area (Å²) in [6.07, 6.45) is 1.36. The molecule has 0 aromatic heterocycles. The number of nitrogens with one attached hydrogen (secondary N) is 1. The molecule has 0 radical (unpaired) electrons. The number of hydrogen-bond donors (Lipinski definition) is 2. The Morgan fingerprint density at radius 1 is 1.57 bits per heavy atom. The van der Waals surface area contributed by atoms with E-state index in [1.807, 2.05) is 13.8 Å². The zero-order chi connectivity index (χ0) is 10.8. The van der Waals surface area contributed by atoms with E-state index < -0.39 is 5.54 Å². The zero-order valence-electron chi connectivity index (χ0n) is 9.21. The molecule has 0 aliphatic carbocycles. The molecule has 0 saturated carbocycles. The van der Waals surface area contributed by atoms with Gasteiger partial charge in [0.1, 0.15) is 0 Å². The highest BCUT2D eigenvalue weighted by molar-refractivity contribution is 5.85. The third-order valence-electron chi connectivity index (χ3n) is 2.84. The average molecular weight is 200 g/mol. The maximum absolute atomic E-state index is 11.9. The summed E-state index contributed by atoms with van der Waals surface area (Å²) in [5.74, 6) is 0.0683. The lowest BCUT2D eigenvalue weighted by Crippen LogP contribution is -2.55. The number of aliphatic hydroxyl groups excluding tert-OH is 1. The Bertz CT molecular complexity index is 216. The Kier molecular flexibility index (Phi) is 3.50. The fraction of sp³-hybridized carbons (Fsp3) is 0.900. The first-order valence-electron chi connectivity index (χ1n) is 5.13. The molecule has 1 fully saturated rings. The van der Waals surface area contributed by atoms with E-state index in [1.165, 1.54) is 0 Å². The van der Waals surface area contributed by atoms with Crippen molar-refractivity contribution in [3.8, 4) is 0 Å². The van der Waals surface area contributed by atoms with Crippen LogP contribution in [0.15, 0.2) is 0 Å². The van der Waals surface area contributed by atoms with Crippen LogP contribution in [0.1, 0.15) is 26.7 Å². The van der Waals surface area contributed by atoms with Gasteiger partial charge >= 0.3 is 0 Å². The van der Waals surface area contributed by atoms with Crippen LogP contribution < -0.4 is 5.32 Å². The van der Waals surface area contributed by atoms with Gasteiger partial charge in [0.25, 0.3) is 0 Å². The number of piperidine rings is 1. The number of carbonyl (C=O) groups excluding carboxylic acids is 1. The minimum atomic E-state index is -0.531. The predicted molar refractivity (Wildman–Crippen MR) is 55.0 cm³/mol. The van der Waals surface area contributed by atoms with Crippen LogP contribution in [0.4, 0.5) is 0 Å². The summed E-state index contributed by atoms with van der Waals surface area (Å²) in [5.41, 5.74) is -0.531. The molecular weight excluding hydrogens is 180 g/mol. The van der Waals surface area contributed by atoms with E-state index in [2.05, 4.69) is 5.32 Å². The van der Waals surface area contributed by atoms with Crippen LogP contribution in [0.3, 0.4) is 0 Å². The van der Waals surface area contributed by atoms with Crippen molar-refractivity contribution >= 4 is 5.91 Å². The minimum Gasteiger partial charge on any atom is -0.391 e. The molecule has 1 aliphatic rings. The summed E-state index contributed by atoms with van der Waals surface area (Å²) in [4.78, 5) is 13.7. The molecule has 4 nitrogen and oxygen atoms in total. The Morgan fingerprint density at radius 2 is 2.21 bits per heavy atom. The lowest BCUT2D eigenvalue weighted by atomic mass is 10.0. The first kappa shape index (κ1) is 11.5. The second-order valence-electron chi connectivity index (χ2n) is 4.42. The van der Waals surface area contributed by atoms with E-state index in [-0.39, 0.29) is 12.0 Å². The summed E-state index contributed by atoms with van der Waals surface area (Å²) in [6.45, 7) is 4.96. The molecule has 1 amide bonds. The molecule has 1 rings (SSSR count).